The minimum absolute atomic E-state index is 0.0153. The summed E-state index contributed by atoms with van der Waals surface area (Å²) in [6, 6.07) is 10.4. The van der Waals surface area contributed by atoms with Gasteiger partial charge in [0.05, 0.1) is 6.42 Å². The van der Waals surface area contributed by atoms with Gasteiger partial charge in [0.15, 0.2) is 0 Å². The fraction of sp³-hybridized carbons (Fsp3) is 0.600. The van der Waals surface area contributed by atoms with E-state index in [1.165, 1.54) is 5.56 Å². The van der Waals surface area contributed by atoms with Crippen LogP contribution in [0.15, 0.2) is 30.3 Å². The SMILES string of the molecule is CCC(CC)(CC(=O)O)NC(=O)C1CCN(Cc2ccccc2)CC1. The van der Waals surface area contributed by atoms with Gasteiger partial charge in [-0.1, -0.05) is 44.2 Å². The summed E-state index contributed by atoms with van der Waals surface area (Å²) in [6.45, 7) is 6.60. The molecule has 0 radical (unpaired) electrons. The molecule has 1 aromatic rings. The molecule has 2 rings (SSSR count). The number of carbonyl (C=O) groups excluding carboxylic acids is 1. The maximum atomic E-state index is 12.7. The zero-order valence-electron chi connectivity index (χ0n) is 15.3. The fourth-order valence-corrected chi connectivity index (χ4v) is 3.57. The van der Waals surface area contributed by atoms with Crippen molar-refractivity contribution in [3.8, 4) is 0 Å². The third-order valence-electron chi connectivity index (χ3n) is 5.44. The summed E-state index contributed by atoms with van der Waals surface area (Å²) in [4.78, 5) is 26.2. The molecule has 0 saturated carbocycles. The summed E-state index contributed by atoms with van der Waals surface area (Å²) in [7, 11) is 0. The number of hydrogen-bond donors (Lipinski definition) is 2. The molecule has 0 unspecified atom stereocenters. The summed E-state index contributed by atoms with van der Waals surface area (Å²) < 4.78 is 0. The molecule has 2 N–H and O–H groups in total. The van der Waals surface area contributed by atoms with Crippen LogP contribution in [0.2, 0.25) is 0 Å². The van der Waals surface area contributed by atoms with Gasteiger partial charge in [-0.25, -0.2) is 0 Å². The molecule has 1 aliphatic rings. The molecule has 5 nitrogen and oxygen atoms in total. The van der Waals surface area contributed by atoms with E-state index < -0.39 is 11.5 Å². The van der Waals surface area contributed by atoms with Crippen molar-refractivity contribution >= 4 is 11.9 Å². The van der Waals surface area contributed by atoms with E-state index in [1.807, 2.05) is 32.0 Å². The monoisotopic (exact) mass is 346 g/mol. The first-order valence-corrected chi connectivity index (χ1v) is 9.28. The van der Waals surface area contributed by atoms with Crippen LogP contribution in [-0.4, -0.2) is 40.5 Å². The van der Waals surface area contributed by atoms with Gasteiger partial charge in [0.1, 0.15) is 0 Å². The second-order valence-corrected chi connectivity index (χ2v) is 7.08. The Morgan fingerprint density at radius 1 is 1.16 bits per heavy atom. The third kappa shape index (κ3) is 5.56. The molecule has 0 bridgehead atoms. The van der Waals surface area contributed by atoms with Crippen LogP contribution >= 0.6 is 0 Å². The molecule has 25 heavy (non-hydrogen) atoms. The number of carboxylic acids is 1. The Balaban J connectivity index is 1.86. The van der Waals surface area contributed by atoms with Gasteiger partial charge < -0.3 is 10.4 Å². The van der Waals surface area contributed by atoms with Gasteiger partial charge in [0.2, 0.25) is 5.91 Å². The Kier molecular flexibility index (Phi) is 7.00. The Labute approximate surface area is 150 Å². The van der Waals surface area contributed by atoms with E-state index in [-0.39, 0.29) is 18.2 Å². The highest BCUT2D eigenvalue weighted by Gasteiger charge is 2.34. The number of aliphatic carboxylic acids is 1. The zero-order valence-corrected chi connectivity index (χ0v) is 15.3. The predicted octanol–water partition coefficient (Wildman–Crippen LogP) is 3.05. The number of rotatable bonds is 8. The van der Waals surface area contributed by atoms with Gasteiger partial charge in [0, 0.05) is 18.0 Å². The molecule has 1 saturated heterocycles. The largest absolute Gasteiger partial charge is 0.481 e. The first-order chi connectivity index (χ1) is 12.0. The molecule has 1 heterocycles. The Hall–Kier alpha value is -1.88. The number of carbonyl (C=O) groups is 2. The Morgan fingerprint density at radius 3 is 2.28 bits per heavy atom. The molecule has 138 valence electrons. The van der Waals surface area contributed by atoms with E-state index in [9.17, 15) is 9.59 Å². The van der Waals surface area contributed by atoms with Gasteiger partial charge in [-0.2, -0.15) is 0 Å². The van der Waals surface area contributed by atoms with Crippen LogP contribution < -0.4 is 5.32 Å². The van der Waals surface area contributed by atoms with E-state index in [4.69, 9.17) is 5.11 Å². The predicted molar refractivity (Wildman–Crippen MR) is 98.2 cm³/mol. The van der Waals surface area contributed by atoms with E-state index >= 15 is 0 Å². The lowest BCUT2D eigenvalue weighted by molar-refractivity contribution is -0.139. The number of piperidine rings is 1. The highest BCUT2D eigenvalue weighted by molar-refractivity contribution is 5.80. The van der Waals surface area contributed by atoms with E-state index in [0.717, 1.165) is 32.5 Å². The maximum Gasteiger partial charge on any atom is 0.305 e. The van der Waals surface area contributed by atoms with Crippen LogP contribution in [0.3, 0.4) is 0 Å². The van der Waals surface area contributed by atoms with Gasteiger partial charge >= 0.3 is 5.97 Å². The van der Waals surface area contributed by atoms with Crippen molar-refractivity contribution in [2.24, 2.45) is 5.92 Å². The third-order valence-corrected chi connectivity index (χ3v) is 5.44. The summed E-state index contributed by atoms with van der Waals surface area (Å²) in [5.74, 6) is -0.857. The average Bonchev–Trinajstić information content (AvgIpc) is 2.62. The van der Waals surface area contributed by atoms with Gasteiger partial charge in [-0.15, -0.1) is 0 Å². The lowest BCUT2D eigenvalue weighted by atomic mass is 9.87. The summed E-state index contributed by atoms with van der Waals surface area (Å²) in [5.41, 5.74) is 0.673. The van der Waals surface area contributed by atoms with Gasteiger partial charge in [-0.05, 0) is 44.3 Å². The molecule has 1 amide bonds. The second-order valence-electron chi connectivity index (χ2n) is 7.08. The quantitative estimate of drug-likeness (QED) is 0.759. The van der Waals surface area contributed by atoms with Crippen molar-refractivity contribution in [1.82, 2.24) is 10.2 Å². The van der Waals surface area contributed by atoms with E-state index in [1.54, 1.807) is 0 Å². The number of hydrogen-bond acceptors (Lipinski definition) is 3. The van der Waals surface area contributed by atoms with Crippen LogP contribution in [0, 0.1) is 5.92 Å². The molecule has 1 aliphatic heterocycles. The topological polar surface area (TPSA) is 69.6 Å². The normalized spacial score (nSPS) is 16.6. The summed E-state index contributed by atoms with van der Waals surface area (Å²) in [6.07, 6.45) is 2.91. The van der Waals surface area contributed by atoms with Crippen LogP contribution in [0.25, 0.3) is 0 Å². The van der Waals surface area contributed by atoms with Crippen LogP contribution in [-0.2, 0) is 16.1 Å². The summed E-state index contributed by atoms with van der Waals surface area (Å²) in [5, 5.41) is 12.2. The Morgan fingerprint density at radius 2 is 1.76 bits per heavy atom. The van der Waals surface area contributed by atoms with Crippen LogP contribution in [0.4, 0.5) is 0 Å². The van der Waals surface area contributed by atoms with Crippen molar-refractivity contribution < 1.29 is 14.7 Å². The van der Waals surface area contributed by atoms with E-state index in [2.05, 4.69) is 22.3 Å². The lowest BCUT2D eigenvalue weighted by Crippen LogP contribution is -2.52. The van der Waals surface area contributed by atoms with Crippen molar-refractivity contribution in [3.05, 3.63) is 35.9 Å². The van der Waals surface area contributed by atoms with Crippen molar-refractivity contribution in [1.29, 1.82) is 0 Å². The second kappa shape index (κ2) is 8.99. The van der Waals surface area contributed by atoms with Gasteiger partial charge in [0.25, 0.3) is 0 Å². The number of likely N-dealkylation sites (tertiary alicyclic amines) is 1. The molecule has 0 aromatic heterocycles. The highest BCUT2D eigenvalue weighted by Crippen LogP contribution is 2.24. The van der Waals surface area contributed by atoms with Crippen molar-refractivity contribution in [3.63, 3.8) is 0 Å². The van der Waals surface area contributed by atoms with Crippen LogP contribution in [0.5, 0.6) is 0 Å². The first-order valence-electron chi connectivity index (χ1n) is 9.28. The average molecular weight is 346 g/mol. The van der Waals surface area contributed by atoms with E-state index in [0.29, 0.717) is 12.8 Å². The molecule has 0 atom stereocenters. The fourth-order valence-electron chi connectivity index (χ4n) is 3.57. The first kappa shape index (κ1) is 19.4. The standard InChI is InChI=1S/C20H30N2O3/c1-3-20(4-2,14-18(23)24)21-19(25)17-10-12-22(13-11-17)15-16-8-6-5-7-9-16/h5-9,17H,3-4,10-15H2,1-2H3,(H,21,25)(H,23,24). The highest BCUT2D eigenvalue weighted by atomic mass is 16.4. The van der Waals surface area contributed by atoms with Gasteiger partial charge in [-0.3, -0.25) is 14.5 Å². The molecule has 5 heteroatoms. The number of carboxylic acid groups (broad SMARTS) is 1. The van der Waals surface area contributed by atoms with Crippen molar-refractivity contribution in [2.75, 3.05) is 13.1 Å². The zero-order chi connectivity index (χ0) is 18.3. The number of amides is 1. The smallest absolute Gasteiger partial charge is 0.305 e. The van der Waals surface area contributed by atoms with Crippen LogP contribution in [0.1, 0.15) is 51.5 Å². The molecular formula is C20H30N2O3. The molecular weight excluding hydrogens is 316 g/mol. The number of nitrogens with one attached hydrogen (secondary N) is 1. The lowest BCUT2D eigenvalue weighted by Gasteiger charge is -2.36. The molecule has 0 aliphatic carbocycles. The Bertz CT molecular complexity index is 562. The minimum Gasteiger partial charge on any atom is -0.481 e. The maximum absolute atomic E-state index is 12.7. The number of nitrogens with zero attached hydrogens (tertiary/aromatic N) is 1. The summed E-state index contributed by atoms with van der Waals surface area (Å²) >= 11 is 0. The molecule has 1 aromatic carbocycles. The van der Waals surface area contributed by atoms with Crippen molar-refractivity contribution in [2.45, 2.75) is 58.0 Å². The molecule has 1 fully saturated rings. The minimum atomic E-state index is -0.860. The molecule has 0 spiro atoms. The number of benzene rings is 1.